The third-order valence-electron chi connectivity index (χ3n) is 6.07. The summed E-state index contributed by atoms with van der Waals surface area (Å²) in [6.45, 7) is 5.73. The van der Waals surface area contributed by atoms with Crippen molar-refractivity contribution in [1.82, 2.24) is 0 Å². The maximum atomic E-state index is 12.7. The highest BCUT2D eigenvalue weighted by molar-refractivity contribution is 7.16. The van der Waals surface area contributed by atoms with Gasteiger partial charge in [-0.15, -0.1) is 11.3 Å². The molecule has 0 bridgehead atoms. The highest BCUT2D eigenvalue weighted by atomic mass is 35.5. The van der Waals surface area contributed by atoms with Gasteiger partial charge in [-0.2, -0.15) is 0 Å². The Kier molecular flexibility index (Phi) is 11.1. The van der Waals surface area contributed by atoms with Crippen LogP contribution in [0.2, 0.25) is 5.02 Å². The van der Waals surface area contributed by atoms with E-state index in [4.69, 9.17) is 11.6 Å². The molecule has 3 rings (SSSR count). The summed E-state index contributed by atoms with van der Waals surface area (Å²) in [5.41, 5.74) is 2.78. The zero-order valence-electron chi connectivity index (χ0n) is 20.0. The Morgan fingerprint density at radius 1 is 1.12 bits per heavy atom. The molecular weight excluding hydrogens is 456 g/mol. The number of benzene rings is 1. The number of halogens is 1. The van der Waals surface area contributed by atoms with Crippen LogP contribution < -0.4 is 10.6 Å². The fourth-order valence-corrected chi connectivity index (χ4v) is 5.59. The fourth-order valence-electron chi connectivity index (χ4n) is 4.31. The monoisotopic (exact) mass is 490 g/mol. The molecule has 33 heavy (non-hydrogen) atoms. The lowest BCUT2D eigenvalue weighted by atomic mass is 9.77. The Balaban J connectivity index is 0.000000357. The second-order valence-corrected chi connectivity index (χ2v) is 9.86. The number of aryl methyl sites for hydroxylation is 1. The summed E-state index contributed by atoms with van der Waals surface area (Å²) in [6.07, 6.45) is 7.06. The van der Waals surface area contributed by atoms with Crippen molar-refractivity contribution in [3.8, 4) is 0 Å². The number of hydrogen-bond acceptors (Lipinski definition) is 5. The number of carbonyl (C=O) groups excluding carboxylic acids is 3. The van der Waals surface area contributed by atoms with E-state index in [0.29, 0.717) is 10.6 Å². The van der Waals surface area contributed by atoms with Crippen molar-refractivity contribution in [3.63, 3.8) is 0 Å². The smallest absolute Gasteiger partial charge is 0.228 e. The Hall–Kier alpha value is -2.18. The van der Waals surface area contributed by atoms with Crippen LogP contribution in [0.1, 0.15) is 73.7 Å². The van der Waals surface area contributed by atoms with E-state index in [0.717, 1.165) is 67.5 Å². The Bertz CT molecular complexity index is 940. The largest absolute Gasteiger partial charge is 0.388 e. The average molecular weight is 491 g/mol. The Morgan fingerprint density at radius 3 is 2.27 bits per heavy atom. The van der Waals surface area contributed by atoms with E-state index in [9.17, 15) is 14.4 Å². The Labute approximate surface area is 206 Å². The van der Waals surface area contributed by atoms with Gasteiger partial charge in [0.1, 0.15) is 10.8 Å². The van der Waals surface area contributed by atoms with E-state index in [1.54, 1.807) is 6.92 Å². The first-order chi connectivity index (χ1) is 15.9. The molecule has 1 saturated carbocycles. The van der Waals surface area contributed by atoms with Gasteiger partial charge >= 0.3 is 0 Å². The molecule has 1 aromatic carbocycles. The van der Waals surface area contributed by atoms with Gasteiger partial charge in [0.15, 0.2) is 6.29 Å². The number of amides is 1. The molecular formula is C26H35ClN2O3S. The first kappa shape index (κ1) is 27.1. The van der Waals surface area contributed by atoms with Crippen molar-refractivity contribution in [3.05, 3.63) is 45.3 Å². The molecule has 2 aromatic rings. The first-order valence-corrected chi connectivity index (χ1v) is 12.9. The van der Waals surface area contributed by atoms with Gasteiger partial charge in [0, 0.05) is 34.5 Å². The molecule has 1 fully saturated rings. The summed E-state index contributed by atoms with van der Waals surface area (Å²) < 4.78 is 0. The second-order valence-electron chi connectivity index (χ2n) is 8.32. The van der Waals surface area contributed by atoms with Gasteiger partial charge in [-0.1, -0.05) is 44.7 Å². The molecule has 5 nitrogen and oxygen atoms in total. The van der Waals surface area contributed by atoms with Crippen molar-refractivity contribution in [2.24, 2.45) is 11.8 Å². The number of ketones is 1. The van der Waals surface area contributed by atoms with Crippen molar-refractivity contribution in [2.75, 3.05) is 17.7 Å². The molecule has 2 N–H and O–H groups in total. The van der Waals surface area contributed by atoms with Gasteiger partial charge in [-0.25, -0.2) is 0 Å². The van der Waals surface area contributed by atoms with Crippen LogP contribution in [0.5, 0.6) is 0 Å². The quantitative estimate of drug-likeness (QED) is 0.399. The highest BCUT2D eigenvalue weighted by Crippen LogP contribution is 2.36. The molecule has 1 heterocycles. The number of nitrogens with one attached hydrogen (secondary N) is 2. The fraction of sp³-hybridized carbons (Fsp3) is 0.500. The van der Waals surface area contributed by atoms with Gasteiger partial charge in [0.05, 0.1) is 5.56 Å². The van der Waals surface area contributed by atoms with Gasteiger partial charge < -0.3 is 10.6 Å². The molecule has 0 saturated heterocycles. The number of aldehydes is 1. The standard InChI is InChI=1S/C19H27NO3S.C7H8ClN/c1-4-8-14-16(11-21)19(24-17(14)5-2)20-18(23)15-10-7-6-9-13(15)12(3)22;1-9-7-4-2-6(8)3-5-7/h11,13,15H,4-10H2,1-3H3,(H,20,23);2-5,9H,1H3. The molecule has 0 aliphatic heterocycles. The van der Waals surface area contributed by atoms with E-state index >= 15 is 0 Å². The molecule has 1 aromatic heterocycles. The Morgan fingerprint density at radius 2 is 1.76 bits per heavy atom. The molecule has 7 heteroatoms. The predicted molar refractivity (Wildman–Crippen MR) is 139 cm³/mol. The summed E-state index contributed by atoms with van der Waals surface area (Å²) in [4.78, 5) is 37.3. The zero-order valence-corrected chi connectivity index (χ0v) is 21.6. The molecule has 1 amide bonds. The number of Topliss-reactive ketones (excluding diaryl/α,β-unsaturated/α-hetero) is 1. The number of hydrogen-bond donors (Lipinski definition) is 2. The summed E-state index contributed by atoms with van der Waals surface area (Å²) in [7, 11) is 1.88. The van der Waals surface area contributed by atoms with Crippen LogP contribution in [-0.4, -0.2) is 25.0 Å². The van der Waals surface area contributed by atoms with Crippen molar-refractivity contribution < 1.29 is 14.4 Å². The number of rotatable bonds is 8. The minimum absolute atomic E-state index is 0.0950. The lowest BCUT2D eigenvalue weighted by molar-refractivity contribution is -0.131. The molecule has 1 aliphatic carbocycles. The lowest BCUT2D eigenvalue weighted by Crippen LogP contribution is -2.35. The highest BCUT2D eigenvalue weighted by Gasteiger charge is 2.34. The van der Waals surface area contributed by atoms with E-state index in [-0.39, 0.29) is 23.5 Å². The van der Waals surface area contributed by atoms with Crippen LogP contribution in [-0.2, 0) is 22.4 Å². The van der Waals surface area contributed by atoms with Crippen LogP contribution in [0, 0.1) is 11.8 Å². The third-order valence-corrected chi connectivity index (χ3v) is 7.62. The van der Waals surface area contributed by atoms with Crippen LogP contribution in [0.25, 0.3) is 0 Å². The molecule has 180 valence electrons. The summed E-state index contributed by atoms with van der Waals surface area (Å²) >= 11 is 7.15. The normalized spacial score (nSPS) is 17.5. The molecule has 0 radical (unpaired) electrons. The maximum absolute atomic E-state index is 12.7. The van der Waals surface area contributed by atoms with E-state index in [1.807, 2.05) is 31.3 Å². The van der Waals surface area contributed by atoms with E-state index in [1.165, 1.54) is 16.2 Å². The minimum atomic E-state index is -0.266. The van der Waals surface area contributed by atoms with Gasteiger partial charge in [-0.05, 0) is 62.4 Å². The van der Waals surface area contributed by atoms with Crippen molar-refractivity contribution in [2.45, 2.75) is 65.7 Å². The molecule has 2 unspecified atom stereocenters. The number of anilines is 2. The van der Waals surface area contributed by atoms with Gasteiger partial charge in [0.2, 0.25) is 5.91 Å². The summed E-state index contributed by atoms with van der Waals surface area (Å²) in [6, 6.07) is 7.57. The molecule has 2 atom stereocenters. The molecule has 0 spiro atoms. The van der Waals surface area contributed by atoms with Crippen LogP contribution >= 0.6 is 22.9 Å². The summed E-state index contributed by atoms with van der Waals surface area (Å²) in [5, 5.41) is 7.39. The second kappa shape index (κ2) is 13.5. The number of carbonyl (C=O) groups is 3. The predicted octanol–water partition coefficient (Wildman–Crippen LogP) is 6.79. The van der Waals surface area contributed by atoms with Gasteiger partial charge in [0.25, 0.3) is 0 Å². The summed E-state index contributed by atoms with van der Waals surface area (Å²) in [5.74, 6) is -0.459. The zero-order chi connectivity index (χ0) is 24.4. The molecule has 1 aliphatic rings. The van der Waals surface area contributed by atoms with Gasteiger partial charge in [-0.3, -0.25) is 14.4 Å². The van der Waals surface area contributed by atoms with Crippen molar-refractivity contribution in [1.29, 1.82) is 0 Å². The topological polar surface area (TPSA) is 75.3 Å². The third kappa shape index (κ3) is 7.41. The van der Waals surface area contributed by atoms with Crippen LogP contribution in [0.15, 0.2) is 24.3 Å². The van der Waals surface area contributed by atoms with Crippen LogP contribution in [0.4, 0.5) is 10.7 Å². The average Bonchev–Trinajstić information content (AvgIpc) is 3.16. The van der Waals surface area contributed by atoms with Crippen LogP contribution in [0.3, 0.4) is 0 Å². The van der Waals surface area contributed by atoms with Crippen molar-refractivity contribution >= 4 is 51.6 Å². The lowest BCUT2D eigenvalue weighted by Gasteiger charge is -2.28. The minimum Gasteiger partial charge on any atom is -0.388 e. The maximum Gasteiger partial charge on any atom is 0.228 e. The van der Waals surface area contributed by atoms with E-state index < -0.39 is 0 Å². The van der Waals surface area contributed by atoms with E-state index in [2.05, 4.69) is 24.5 Å². The first-order valence-electron chi connectivity index (χ1n) is 11.7. The SMILES string of the molecule is CCCc1c(CC)sc(NC(=O)C2CCCCC2C(C)=O)c1C=O.CNc1ccc(Cl)cc1. The number of thiophene rings is 1.